The molecule has 1 rings (SSSR count). The molecule has 0 fully saturated rings. The Morgan fingerprint density at radius 3 is 2.47 bits per heavy atom. The number of benzene rings is 1. The van der Waals surface area contributed by atoms with Gasteiger partial charge in [0.2, 0.25) is 0 Å². The molecule has 0 aliphatic carbocycles. The highest BCUT2D eigenvalue weighted by molar-refractivity contribution is 5.82. The fourth-order valence-corrected chi connectivity index (χ4v) is 1.67. The van der Waals surface area contributed by atoms with E-state index in [2.05, 4.69) is 0 Å². The van der Waals surface area contributed by atoms with Crippen LogP contribution in [0.3, 0.4) is 0 Å². The number of hydrogen-bond donors (Lipinski definition) is 1. The van der Waals surface area contributed by atoms with Crippen molar-refractivity contribution >= 4 is 5.97 Å². The van der Waals surface area contributed by atoms with Gasteiger partial charge in [-0.3, -0.25) is 0 Å². The number of hydrogen-bond acceptors (Lipinski definition) is 5. The molecule has 0 saturated carbocycles. The summed E-state index contributed by atoms with van der Waals surface area (Å²) < 4.78 is 15.6. The minimum atomic E-state index is -1.21. The summed E-state index contributed by atoms with van der Waals surface area (Å²) in [5, 5.41) is 0. The van der Waals surface area contributed by atoms with Gasteiger partial charge in [0.1, 0.15) is 5.54 Å². The number of methoxy groups -OCH3 is 1. The molecule has 0 aliphatic heterocycles. The van der Waals surface area contributed by atoms with Crippen LogP contribution in [-0.4, -0.2) is 26.3 Å². The third kappa shape index (κ3) is 3.38. The van der Waals surface area contributed by atoms with Crippen LogP contribution in [0.5, 0.6) is 11.5 Å². The lowest BCUT2D eigenvalue weighted by Crippen LogP contribution is -2.43. The molecule has 0 radical (unpaired) electrons. The third-order valence-corrected chi connectivity index (χ3v) is 2.76. The molecule has 0 bridgehead atoms. The Bertz CT molecular complexity index is 443. The maximum Gasteiger partial charge on any atom is 0.330 e. The van der Waals surface area contributed by atoms with E-state index < -0.39 is 11.5 Å². The van der Waals surface area contributed by atoms with Crippen LogP contribution >= 0.6 is 0 Å². The van der Waals surface area contributed by atoms with Gasteiger partial charge in [0, 0.05) is 0 Å². The minimum Gasteiger partial charge on any atom is -0.493 e. The fourth-order valence-electron chi connectivity index (χ4n) is 1.67. The summed E-state index contributed by atoms with van der Waals surface area (Å²) in [6.45, 7) is 6.02. The Labute approximate surface area is 113 Å². The molecule has 1 unspecified atom stereocenters. The van der Waals surface area contributed by atoms with Crippen LogP contribution in [0.4, 0.5) is 0 Å². The molecular formula is C14H21NO4. The Morgan fingerprint density at radius 1 is 1.26 bits per heavy atom. The normalized spacial score (nSPS) is 13.5. The van der Waals surface area contributed by atoms with Crippen LogP contribution in [0, 0.1) is 0 Å². The lowest BCUT2D eigenvalue weighted by molar-refractivity contribution is -0.149. The van der Waals surface area contributed by atoms with Crippen molar-refractivity contribution in [1.29, 1.82) is 0 Å². The summed E-state index contributed by atoms with van der Waals surface area (Å²) in [5.74, 6) is 0.691. The Kier molecular flexibility index (Phi) is 5.18. The van der Waals surface area contributed by atoms with Crippen molar-refractivity contribution in [1.82, 2.24) is 0 Å². The average Bonchev–Trinajstić information content (AvgIpc) is 2.39. The molecule has 0 saturated heterocycles. The fraction of sp³-hybridized carbons (Fsp3) is 0.500. The van der Waals surface area contributed by atoms with Crippen LogP contribution in [0.15, 0.2) is 18.2 Å². The third-order valence-electron chi connectivity index (χ3n) is 2.76. The van der Waals surface area contributed by atoms with E-state index >= 15 is 0 Å². The Morgan fingerprint density at radius 2 is 1.95 bits per heavy atom. The molecule has 0 amide bonds. The molecule has 19 heavy (non-hydrogen) atoms. The highest BCUT2D eigenvalue weighted by Crippen LogP contribution is 2.32. The molecule has 5 nitrogen and oxygen atoms in total. The van der Waals surface area contributed by atoms with Crippen LogP contribution < -0.4 is 15.2 Å². The van der Waals surface area contributed by atoms with Gasteiger partial charge < -0.3 is 19.9 Å². The van der Waals surface area contributed by atoms with Gasteiger partial charge in [-0.25, -0.2) is 4.79 Å². The van der Waals surface area contributed by atoms with Crippen molar-refractivity contribution in [2.45, 2.75) is 26.3 Å². The van der Waals surface area contributed by atoms with Crippen molar-refractivity contribution in [3.05, 3.63) is 23.8 Å². The van der Waals surface area contributed by atoms with Gasteiger partial charge >= 0.3 is 5.97 Å². The molecule has 5 heteroatoms. The molecule has 1 aromatic carbocycles. The topological polar surface area (TPSA) is 70.8 Å². The van der Waals surface area contributed by atoms with E-state index in [4.69, 9.17) is 19.9 Å². The number of rotatable bonds is 6. The summed E-state index contributed by atoms with van der Waals surface area (Å²) in [6, 6.07) is 5.17. The zero-order valence-electron chi connectivity index (χ0n) is 11.9. The first-order valence-corrected chi connectivity index (χ1v) is 6.24. The molecule has 0 aromatic heterocycles. The van der Waals surface area contributed by atoms with Gasteiger partial charge in [-0.2, -0.15) is 0 Å². The van der Waals surface area contributed by atoms with E-state index in [-0.39, 0.29) is 0 Å². The lowest BCUT2D eigenvalue weighted by atomic mass is 9.93. The van der Waals surface area contributed by atoms with E-state index in [0.717, 1.165) is 0 Å². The highest BCUT2D eigenvalue weighted by Gasteiger charge is 2.33. The minimum absolute atomic E-state index is 0.292. The van der Waals surface area contributed by atoms with Crippen molar-refractivity contribution in [3.8, 4) is 11.5 Å². The first-order chi connectivity index (χ1) is 8.97. The van der Waals surface area contributed by atoms with E-state index in [1.165, 1.54) is 0 Å². The molecule has 1 atom stereocenters. The van der Waals surface area contributed by atoms with E-state index in [9.17, 15) is 4.79 Å². The second kappa shape index (κ2) is 6.43. The number of esters is 1. The number of ether oxygens (including phenoxy) is 3. The van der Waals surface area contributed by atoms with Gasteiger partial charge in [0.05, 0.1) is 20.3 Å². The predicted molar refractivity (Wildman–Crippen MR) is 72.3 cm³/mol. The Balaban J connectivity index is 3.13. The van der Waals surface area contributed by atoms with Gasteiger partial charge in [-0.1, -0.05) is 6.07 Å². The summed E-state index contributed by atoms with van der Waals surface area (Å²) in [5.41, 5.74) is 5.46. The largest absolute Gasteiger partial charge is 0.493 e. The van der Waals surface area contributed by atoms with E-state index in [0.29, 0.717) is 30.3 Å². The number of nitrogens with two attached hydrogens (primary N) is 1. The van der Waals surface area contributed by atoms with Crippen LogP contribution in [-0.2, 0) is 15.1 Å². The van der Waals surface area contributed by atoms with E-state index in [1.807, 2.05) is 6.92 Å². The maximum atomic E-state index is 11.9. The predicted octanol–water partition coefficient (Wildman–Crippen LogP) is 1.83. The van der Waals surface area contributed by atoms with Crippen molar-refractivity contribution in [2.24, 2.45) is 5.73 Å². The second-order valence-corrected chi connectivity index (χ2v) is 4.22. The van der Waals surface area contributed by atoms with Gasteiger partial charge in [-0.05, 0) is 38.5 Å². The first kappa shape index (κ1) is 15.3. The molecule has 2 N–H and O–H groups in total. The molecule has 0 spiro atoms. The van der Waals surface area contributed by atoms with Gasteiger partial charge in [-0.15, -0.1) is 0 Å². The zero-order chi connectivity index (χ0) is 14.5. The lowest BCUT2D eigenvalue weighted by Gasteiger charge is -2.23. The maximum absolute atomic E-state index is 11.9. The highest BCUT2D eigenvalue weighted by atomic mass is 16.5. The summed E-state index contributed by atoms with van der Waals surface area (Å²) in [6.07, 6.45) is 0. The summed E-state index contributed by atoms with van der Waals surface area (Å²) in [7, 11) is 1.56. The van der Waals surface area contributed by atoms with Crippen LogP contribution in [0.25, 0.3) is 0 Å². The SMILES string of the molecule is CCOC(=O)C(C)(N)c1ccc(OC)c(OCC)c1. The van der Waals surface area contributed by atoms with Crippen molar-refractivity contribution in [2.75, 3.05) is 20.3 Å². The van der Waals surface area contributed by atoms with Crippen molar-refractivity contribution < 1.29 is 19.0 Å². The van der Waals surface area contributed by atoms with Crippen LogP contribution in [0.1, 0.15) is 26.3 Å². The average molecular weight is 267 g/mol. The standard InChI is InChI=1S/C14H21NO4/c1-5-18-12-9-10(7-8-11(12)17-4)14(3,15)13(16)19-6-2/h7-9H,5-6,15H2,1-4H3. The zero-order valence-corrected chi connectivity index (χ0v) is 11.9. The summed E-state index contributed by atoms with van der Waals surface area (Å²) in [4.78, 5) is 11.9. The second-order valence-electron chi connectivity index (χ2n) is 4.22. The molecule has 0 aliphatic rings. The smallest absolute Gasteiger partial charge is 0.330 e. The monoisotopic (exact) mass is 267 g/mol. The molecule has 1 aromatic rings. The number of carbonyl (C=O) groups is 1. The van der Waals surface area contributed by atoms with Gasteiger partial charge in [0.15, 0.2) is 11.5 Å². The van der Waals surface area contributed by atoms with E-state index in [1.54, 1.807) is 39.2 Å². The first-order valence-electron chi connectivity index (χ1n) is 6.24. The molecule has 106 valence electrons. The van der Waals surface area contributed by atoms with Crippen molar-refractivity contribution in [3.63, 3.8) is 0 Å². The summed E-state index contributed by atoms with van der Waals surface area (Å²) >= 11 is 0. The molecular weight excluding hydrogens is 246 g/mol. The molecule has 0 heterocycles. The quantitative estimate of drug-likeness (QED) is 0.796. The number of carbonyl (C=O) groups excluding carboxylic acids is 1. The Hall–Kier alpha value is -1.75. The van der Waals surface area contributed by atoms with Crippen LogP contribution in [0.2, 0.25) is 0 Å². The van der Waals surface area contributed by atoms with Gasteiger partial charge in [0.25, 0.3) is 0 Å².